The van der Waals surface area contributed by atoms with Crippen LogP contribution >= 0.6 is 35.2 Å². The lowest BCUT2D eigenvalue weighted by Crippen LogP contribution is -2.18. The first kappa shape index (κ1) is 26.4. The smallest absolute Gasteiger partial charge is 0.283 e. The number of para-hydroxylation sites is 2. The van der Waals surface area contributed by atoms with Crippen LogP contribution in [0.5, 0.6) is 0 Å². The van der Waals surface area contributed by atoms with E-state index in [1.165, 1.54) is 17.6 Å². The van der Waals surface area contributed by atoms with Crippen LogP contribution in [0.1, 0.15) is 20.9 Å². The van der Waals surface area contributed by atoms with E-state index in [9.17, 15) is 4.79 Å². The van der Waals surface area contributed by atoms with Crippen LogP contribution in [0.4, 0.5) is 11.4 Å². The van der Waals surface area contributed by atoms with Gasteiger partial charge in [-0.3, -0.25) is 14.4 Å². The third-order valence-electron chi connectivity index (χ3n) is 5.84. The Morgan fingerprint density at radius 1 is 1.03 bits per heavy atom. The number of carbonyl (C=O) groups excluding carboxylic acids is 1. The fourth-order valence-corrected chi connectivity index (χ4v) is 5.37. The summed E-state index contributed by atoms with van der Waals surface area (Å²) in [5.74, 6) is -0.411. The average molecular weight is 571 g/mol. The SMILES string of the molecule is CN(C)c1ccc(N=Cc2c(C(=O)N/N=C/c3cc4ccccc4nc3Cl)sc(=S)n2-c2ccccc2)cc1. The van der Waals surface area contributed by atoms with Gasteiger partial charge in [0.05, 0.1) is 29.3 Å². The molecule has 0 aliphatic heterocycles. The number of halogens is 1. The maximum absolute atomic E-state index is 13.3. The third-order valence-corrected chi connectivity index (χ3v) is 7.53. The molecule has 10 heteroatoms. The Bertz CT molecular complexity index is 1760. The van der Waals surface area contributed by atoms with Crippen LogP contribution in [0.2, 0.25) is 5.15 Å². The molecule has 5 aromatic rings. The topological polar surface area (TPSA) is 74.9 Å². The number of aromatic nitrogens is 2. The van der Waals surface area contributed by atoms with Gasteiger partial charge in [-0.1, -0.05) is 59.3 Å². The number of hydrogen-bond acceptors (Lipinski definition) is 7. The first-order valence-corrected chi connectivity index (χ1v) is 13.5. The van der Waals surface area contributed by atoms with Crippen LogP contribution in [-0.2, 0) is 0 Å². The van der Waals surface area contributed by atoms with Crippen molar-refractivity contribution in [3.63, 3.8) is 0 Å². The number of nitrogens with one attached hydrogen (secondary N) is 1. The van der Waals surface area contributed by atoms with E-state index in [2.05, 4.69) is 20.5 Å². The Labute approximate surface area is 239 Å². The monoisotopic (exact) mass is 570 g/mol. The highest BCUT2D eigenvalue weighted by Gasteiger charge is 2.19. The van der Waals surface area contributed by atoms with Gasteiger partial charge in [0.15, 0.2) is 3.95 Å². The van der Waals surface area contributed by atoms with Crippen molar-refractivity contribution in [1.29, 1.82) is 0 Å². The van der Waals surface area contributed by atoms with Crippen molar-refractivity contribution in [2.75, 3.05) is 19.0 Å². The third kappa shape index (κ3) is 5.96. The van der Waals surface area contributed by atoms with Crippen LogP contribution in [0, 0.1) is 3.95 Å². The van der Waals surface area contributed by atoms with Gasteiger partial charge >= 0.3 is 0 Å². The molecule has 3 aromatic carbocycles. The van der Waals surface area contributed by atoms with E-state index in [1.54, 1.807) is 6.21 Å². The van der Waals surface area contributed by atoms with Gasteiger partial charge in [-0.05, 0) is 60.7 Å². The predicted molar refractivity (Wildman–Crippen MR) is 164 cm³/mol. The van der Waals surface area contributed by atoms with Crippen molar-refractivity contribution in [3.05, 3.63) is 110 Å². The van der Waals surface area contributed by atoms with Gasteiger partial charge in [-0.2, -0.15) is 5.10 Å². The molecule has 0 saturated heterocycles. The molecule has 0 radical (unpaired) electrons. The number of anilines is 1. The number of nitrogens with zero attached hydrogens (tertiary/aromatic N) is 5. The second kappa shape index (κ2) is 11.7. The molecule has 2 heterocycles. The summed E-state index contributed by atoms with van der Waals surface area (Å²) in [7, 11) is 3.96. The standard InChI is InChI=1S/C29H23ClN6OS2/c1-35(2)22-14-12-21(13-15-22)31-18-25-26(39-29(38)36(25)23-9-4-3-5-10-23)28(37)34-32-17-20-16-19-8-6-7-11-24(19)33-27(20)30/h3-18H,1-2H3,(H,34,37)/b31-18?,32-17+. The molecule has 0 bridgehead atoms. The van der Waals surface area contributed by atoms with Crippen LogP contribution in [0.15, 0.2) is 95.0 Å². The first-order chi connectivity index (χ1) is 18.9. The Kier molecular flexibility index (Phi) is 7.92. The molecular formula is C29H23ClN6OS2. The van der Waals surface area contributed by atoms with E-state index >= 15 is 0 Å². The number of hydrazone groups is 1. The Balaban J connectivity index is 1.46. The van der Waals surface area contributed by atoms with Gasteiger partial charge in [0, 0.05) is 36.4 Å². The highest BCUT2D eigenvalue weighted by atomic mass is 35.5. The van der Waals surface area contributed by atoms with E-state index in [4.69, 9.17) is 23.8 Å². The normalized spacial score (nSPS) is 11.5. The van der Waals surface area contributed by atoms with Crippen LogP contribution in [0.25, 0.3) is 16.6 Å². The minimum Gasteiger partial charge on any atom is -0.378 e. The van der Waals surface area contributed by atoms with E-state index in [0.717, 1.165) is 28.0 Å². The summed E-state index contributed by atoms with van der Waals surface area (Å²) in [6, 6.07) is 26.9. The van der Waals surface area contributed by atoms with E-state index in [0.29, 0.717) is 25.2 Å². The van der Waals surface area contributed by atoms with Crippen molar-refractivity contribution >= 4 is 75.8 Å². The Morgan fingerprint density at radius 3 is 2.49 bits per heavy atom. The molecule has 0 saturated carbocycles. The minimum absolute atomic E-state index is 0.297. The highest BCUT2D eigenvalue weighted by Crippen LogP contribution is 2.25. The molecule has 0 aliphatic rings. The largest absolute Gasteiger partial charge is 0.378 e. The number of rotatable bonds is 7. The molecule has 2 aromatic heterocycles. The van der Waals surface area contributed by atoms with Crippen molar-refractivity contribution in [1.82, 2.24) is 15.0 Å². The second-order valence-electron chi connectivity index (χ2n) is 8.68. The molecule has 39 heavy (non-hydrogen) atoms. The lowest BCUT2D eigenvalue weighted by Gasteiger charge is -2.11. The van der Waals surface area contributed by atoms with Gasteiger partial charge in [-0.25, -0.2) is 10.4 Å². The number of hydrogen-bond donors (Lipinski definition) is 1. The maximum atomic E-state index is 13.3. The van der Waals surface area contributed by atoms with Gasteiger partial charge in [-0.15, -0.1) is 0 Å². The molecule has 0 spiro atoms. The summed E-state index contributed by atoms with van der Waals surface area (Å²) >= 11 is 13.2. The van der Waals surface area contributed by atoms with Crippen LogP contribution in [-0.4, -0.2) is 42.0 Å². The summed E-state index contributed by atoms with van der Waals surface area (Å²) in [6.45, 7) is 0. The van der Waals surface area contributed by atoms with E-state index in [-0.39, 0.29) is 0 Å². The lowest BCUT2D eigenvalue weighted by atomic mass is 10.2. The summed E-state index contributed by atoms with van der Waals surface area (Å²) in [5.41, 5.74) is 7.19. The lowest BCUT2D eigenvalue weighted by molar-refractivity contribution is 0.0958. The Morgan fingerprint density at radius 2 is 1.74 bits per heavy atom. The van der Waals surface area contributed by atoms with Crippen LogP contribution < -0.4 is 10.3 Å². The molecule has 0 unspecified atom stereocenters. The van der Waals surface area contributed by atoms with E-state index in [1.807, 2.05) is 108 Å². The van der Waals surface area contributed by atoms with Gasteiger partial charge in [0.25, 0.3) is 5.91 Å². The number of pyridine rings is 1. The fourth-order valence-electron chi connectivity index (χ4n) is 3.87. The first-order valence-electron chi connectivity index (χ1n) is 11.9. The number of fused-ring (bicyclic) bond motifs is 1. The average Bonchev–Trinajstić information content (AvgIpc) is 3.28. The molecule has 1 amide bonds. The van der Waals surface area contributed by atoms with Crippen molar-refractivity contribution < 1.29 is 4.79 Å². The van der Waals surface area contributed by atoms with Gasteiger partial charge in [0.2, 0.25) is 0 Å². The van der Waals surface area contributed by atoms with Gasteiger partial charge in [0.1, 0.15) is 10.0 Å². The molecule has 194 valence electrons. The van der Waals surface area contributed by atoms with Crippen LogP contribution in [0.3, 0.4) is 0 Å². The summed E-state index contributed by atoms with van der Waals surface area (Å²) in [5, 5.41) is 5.37. The molecule has 0 aliphatic carbocycles. The maximum Gasteiger partial charge on any atom is 0.283 e. The molecule has 0 atom stereocenters. The molecule has 5 rings (SSSR count). The number of carbonyl (C=O) groups is 1. The summed E-state index contributed by atoms with van der Waals surface area (Å²) in [6.07, 6.45) is 3.14. The number of benzene rings is 3. The van der Waals surface area contributed by atoms with E-state index < -0.39 is 5.91 Å². The number of aliphatic imine (C=N–C) groups is 1. The molecular weight excluding hydrogens is 548 g/mol. The van der Waals surface area contributed by atoms with Crippen molar-refractivity contribution in [2.45, 2.75) is 0 Å². The summed E-state index contributed by atoms with van der Waals surface area (Å²) in [4.78, 5) is 24.7. The summed E-state index contributed by atoms with van der Waals surface area (Å²) < 4.78 is 2.35. The molecule has 7 nitrogen and oxygen atoms in total. The predicted octanol–water partition coefficient (Wildman–Crippen LogP) is 7.05. The highest BCUT2D eigenvalue weighted by molar-refractivity contribution is 7.73. The quantitative estimate of drug-likeness (QED) is 0.0984. The zero-order valence-corrected chi connectivity index (χ0v) is 23.5. The second-order valence-corrected chi connectivity index (χ2v) is 10.7. The number of thiazole rings is 1. The van der Waals surface area contributed by atoms with Crippen molar-refractivity contribution in [3.8, 4) is 5.69 Å². The molecule has 1 N–H and O–H groups in total. The van der Waals surface area contributed by atoms with Gasteiger partial charge < -0.3 is 4.90 Å². The zero-order chi connectivity index (χ0) is 27.4. The molecule has 0 fully saturated rings. The number of amides is 1. The zero-order valence-electron chi connectivity index (χ0n) is 21.1. The fraction of sp³-hybridized carbons (Fsp3) is 0.0690. The van der Waals surface area contributed by atoms with Crippen molar-refractivity contribution in [2.24, 2.45) is 10.1 Å². The minimum atomic E-state index is -0.411. The Hall–Kier alpha value is -4.18.